The number of rotatable bonds is 4. The van der Waals surface area contributed by atoms with Gasteiger partial charge in [0, 0.05) is 26.1 Å². The van der Waals surface area contributed by atoms with Crippen molar-refractivity contribution in [2.75, 3.05) is 4.90 Å². The van der Waals surface area contributed by atoms with Crippen molar-refractivity contribution in [3.63, 3.8) is 0 Å². The van der Waals surface area contributed by atoms with Crippen LogP contribution in [-0.2, 0) is 16.1 Å². The fourth-order valence-corrected chi connectivity index (χ4v) is 11.3. The van der Waals surface area contributed by atoms with E-state index < -0.39 is 0 Å². The molecular weight excluding hydrogens is 595 g/mol. The summed E-state index contributed by atoms with van der Waals surface area (Å²) in [7, 11) is 0. The van der Waals surface area contributed by atoms with Crippen LogP contribution in [-0.4, -0.2) is 21.6 Å². The first kappa shape index (κ1) is 25.8. The minimum absolute atomic E-state index is 0.0268. The summed E-state index contributed by atoms with van der Waals surface area (Å²) in [6.07, 6.45) is 0.853. The van der Waals surface area contributed by atoms with E-state index in [-0.39, 0.29) is 57.4 Å². The third kappa shape index (κ3) is 3.86. The van der Waals surface area contributed by atoms with Gasteiger partial charge in [0.1, 0.15) is 0 Å². The average molecular weight is 620 g/mol. The zero-order valence-corrected chi connectivity index (χ0v) is 24.8. The van der Waals surface area contributed by atoms with E-state index in [1.54, 1.807) is 36.0 Å². The molecule has 2 saturated carbocycles. The number of benzene rings is 3. The van der Waals surface area contributed by atoms with Gasteiger partial charge in [-0.15, -0.1) is 11.8 Å². The first-order valence-electron chi connectivity index (χ1n) is 13.7. The van der Waals surface area contributed by atoms with Gasteiger partial charge in [0.2, 0.25) is 11.8 Å². The number of fused-ring (bicyclic) bond motifs is 9. The van der Waals surface area contributed by atoms with Crippen LogP contribution in [0.3, 0.4) is 0 Å². The van der Waals surface area contributed by atoms with Crippen LogP contribution in [0.1, 0.15) is 28.3 Å². The second-order valence-corrected chi connectivity index (χ2v) is 14.4. The third-order valence-electron chi connectivity index (χ3n) is 9.45. The molecule has 5 nitrogen and oxygen atoms in total. The zero-order chi connectivity index (χ0) is 28.0. The predicted molar refractivity (Wildman–Crippen MR) is 163 cm³/mol. The number of thiazole rings is 1. The lowest BCUT2D eigenvalue weighted by molar-refractivity contribution is -0.123. The van der Waals surface area contributed by atoms with Crippen molar-refractivity contribution in [3.8, 4) is 0 Å². The minimum Gasteiger partial charge on any atom is -0.289 e. The van der Waals surface area contributed by atoms with E-state index in [1.807, 2.05) is 47.0 Å². The van der Waals surface area contributed by atoms with Gasteiger partial charge in [0.25, 0.3) is 0 Å². The van der Waals surface area contributed by atoms with Crippen LogP contribution in [0.2, 0.25) is 10.0 Å². The minimum atomic E-state index is -0.343. The number of thioether (sulfide) groups is 1. The van der Waals surface area contributed by atoms with Crippen molar-refractivity contribution in [1.29, 1.82) is 0 Å². The fraction of sp³-hybridized carbons (Fsp3) is 0.281. The Labute approximate surface area is 255 Å². The molecule has 8 rings (SSSR count). The van der Waals surface area contributed by atoms with Crippen LogP contribution in [0.4, 0.5) is 5.69 Å². The number of anilines is 1. The molecule has 4 aromatic rings. The Morgan fingerprint density at radius 1 is 0.780 bits per heavy atom. The summed E-state index contributed by atoms with van der Waals surface area (Å²) in [5.41, 5.74) is 2.76. The standard InChI is InChI=1S/C32H24Cl2N2O3S2/c33-18-8-6-17(7-9-18)23-24-21-14-22(26-25(21)29(37)36(30(26)38)20-12-10-19(34)11-13-20)27(24)40-31-28(23)41-32(39)35(31)15-16-4-2-1-3-5-16/h1-13,21-27H,14-15H2/t21-,22+,23+,24-,25+,26+,27+/m1/s1. The molecule has 2 amide bonds. The van der Waals surface area contributed by atoms with Gasteiger partial charge >= 0.3 is 4.87 Å². The lowest BCUT2D eigenvalue weighted by atomic mass is 9.68. The maximum atomic E-state index is 13.9. The molecule has 0 unspecified atom stereocenters. The third-order valence-corrected chi connectivity index (χ3v) is 12.7. The maximum absolute atomic E-state index is 13.9. The van der Waals surface area contributed by atoms with E-state index in [4.69, 9.17) is 23.2 Å². The summed E-state index contributed by atoms with van der Waals surface area (Å²) < 4.78 is 1.91. The molecule has 2 aliphatic carbocycles. The highest BCUT2D eigenvalue weighted by Crippen LogP contribution is 2.69. The maximum Gasteiger partial charge on any atom is 0.308 e. The van der Waals surface area contributed by atoms with Crippen molar-refractivity contribution in [3.05, 3.63) is 115 Å². The second kappa shape index (κ2) is 9.60. The first-order chi connectivity index (χ1) is 19.9. The molecule has 206 valence electrons. The number of hydrogen-bond donors (Lipinski definition) is 0. The molecule has 1 saturated heterocycles. The summed E-state index contributed by atoms with van der Waals surface area (Å²) in [5.74, 6) is -0.649. The highest BCUT2D eigenvalue weighted by molar-refractivity contribution is 8.00. The molecule has 0 radical (unpaired) electrons. The Morgan fingerprint density at radius 2 is 1.41 bits per heavy atom. The summed E-state index contributed by atoms with van der Waals surface area (Å²) in [6.45, 7) is 0.505. The van der Waals surface area contributed by atoms with E-state index in [1.165, 1.54) is 16.2 Å². The molecule has 3 aromatic carbocycles. The molecule has 0 spiro atoms. The molecule has 4 aliphatic rings. The number of amides is 2. The topological polar surface area (TPSA) is 59.4 Å². The Kier molecular flexibility index (Phi) is 6.05. The highest BCUT2D eigenvalue weighted by Gasteiger charge is 2.69. The number of nitrogens with zero attached hydrogens (tertiary/aromatic N) is 2. The Balaban J connectivity index is 1.23. The first-order valence-corrected chi connectivity index (χ1v) is 16.2. The molecular formula is C32H24Cl2N2O3S2. The van der Waals surface area contributed by atoms with Crippen LogP contribution >= 0.6 is 46.3 Å². The molecule has 7 atom stereocenters. The van der Waals surface area contributed by atoms with Gasteiger partial charge in [-0.25, -0.2) is 0 Å². The molecule has 2 aliphatic heterocycles. The van der Waals surface area contributed by atoms with Crippen molar-refractivity contribution in [2.45, 2.75) is 29.2 Å². The van der Waals surface area contributed by atoms with Gasteiger partial charge < -0.3 is 0 Å². The van der Waals surface area contributed by atoms with Gasteiger partial charge in [-0.1, -0.05) is 77.0 Å². The fourth-order valence-electron chi connectivity index (χ4n) is 7.91. The van der Waals surface area contributed by atoms with E-state index >= 15 is 0 Å². The zero-order valence-electron chi connectivity index (χ0n) is 21.7. The van der Waals surface area contributed by atoms with Crippen molar-refractivity contribution >= 4 is 63.8 Å². The average Bonchev–Trinajstić information content (AvgIpc) is 3.69. The van der Waals surface area contributed by atoms with Crippen LogP contribution < -0.4 is 9.77 Å². The lowest BCUT2D eigenvalue weighted by Crippen LogP contribution is -2.43. The monoisotopic (exact) mass is 618 g/mol. The normalized spacial score (nSPS) is 29.5. The van der Waals surface area contributed by atoms with Gasteiger partial charge in [-0.05, 0) is 71.7 Å². The second-order valence-electron chi connectivity index (χ2n) is 11.4. The van der Waals surface area contributed by atoms with Gasteiger partial charge in [0.15, 0.2) is 0 Å². The lowest BCUT2D eigenvalue weighted by Gasteiger charge is -2.43. The Bertz CT molecular complexity index is 1750. The quantitative estimate of drug-likeness (QED) is 0.232. The number of hydrogen-bond acceptors (Lipinski definition) is 5. The molecule has 0 N–H and O–H groups in total. The van der Waals surface area contributed by atoms with Gasteiger partial charge in [-0.3, -0.25) is 23.9 Å². The molecule has 3 fully saturated rings. The largest absolute Gasteiger partial charge is 0.308 e. The summed E-state index contributed by atoms with van der Waals surface area (Å²) >= 11 is 15.5. The summed E-state index contributed by atoms with van der Waals surface area (Å²) in [5, 5.41) is 2.36. The molecule has 3 heterocycles. The molecule has 1 aromatic heterocycles. The predicted octanol–water partition coefficient (Wildman–Crippen LogP) is 6.94. The molecule has 41 heavy (non-hydrogen) atoms. The number of aromatic nitrogens is 1. The summed E-state index contributed by atoms with van der Waals surface area (Å²) in [4.78, 5) is 43.8. The molecule has 2 bridgehead atoms. The van der Waals surface area contributed by atoms with Crippen LogP contribution in [0, 0.1) is 29.6 Å². The van der Waals surface area contributed by atoms with Crippen LogP contribution in [0.25, 0.3) is 0 Å². The van der Waals surface area contributed by atoms with E-state index in [2.05, 4.69) is 12.1 Å². The van der Waals surface area contributed by atoms with E-state index in [9.17, 15) is 14.4 Å². The Hall–Kier alpha value is -2.84. The summed E-state index contributed by atoms with van der Waals surface area (Å²) in [6, 6.07) is 24.9. The number of carbonyl (C=O) groups excluding carboxylic acids is 2. The number of imide groups is 1. The van der Waals surface area contributed by atoms with Gasteiger partial charge in [-0.2, -0.15) is 0 Å². The highest BCUT2D eigenvalue weighted by atomic mass is 35.5. The smallest absolute Gasteiger partial charge is 0.289 e. The Morgan fingerprint density at radius 3 is 2.10 bits per heavy atom. The SMILES string of the molecule is O=C1[C@H]2[C@@H]3C[C@@H]([C@@H]2C(=O)N1c1ccc(Cl)cc1)[C@@H]1[C@H](c2ccc(Cl)cc2)c2sc(=O)n(Cc4ccccc4)c2S[C@@H]31. The van der Waals surface area contributed by atoms with E-state index in [0.717, 1.165) is 27.5 Å². The number of halogens is 2. The van der Waals surface area contributed by atoms with Crippen LogP contribution in [0.15, 0.2) is 88.7 Å². The van der Waals surface area contributed by atoms with Crippen molar-refractivity contribution in [1.82, 2.24) is 4.57 Å². The van der Waals surface area contributed by atoms with Crippen LogP contribution in [0.5, 0.6) is 0 Å². The van der Waals surface area contributed by atoms with Crippen molar-refractivity contribution < 1.29 is 9.59 Å². The molecule has 9 heteroatoms. The van der Waals surface area contributed by atoms with Crippen molar-refractivity contribution in [2.24, 2.45) is 29.6 Å². The van der Waals surface area contributed by atoms with Gasteiger partial charge in [0.05, 0.1) is 29.1 Å². The number of carbonyl (C=O) groups is 2. The van der Waals surface area contributed by atoms with E-state index in [0.29, 0.717) is 22.3 Å².